The minimum atomic E-state index is -0.351. The van der Waals surface area contributed by atoms with Crippen molar-refractivity contribution in [2.75, 3.05) is 0 Å². The molecular formula is C11H18O3. The Kier molecular flexibility index (Phi) is 4.11. The van der Waals surface area contributed by atoms with Crippen LogP contribution >= 0.6 is 0 Å². The fourth-order valence-electron chi connectivity index (χ4n) is 1.80. The molecule has 0 saturated carbocycles. The van der Waals surface area contributed by atoms with Crippen LogP contribution in [0, 0.1) is 11.8 Å². The van der Waals surface area contributed by atoms with Crippen LogP contribution in [0.3, 0.4) is 0 Å². The lowest BCUT2D eigenvalue weighted by atomic mass is 9.91. The first-order chi connectivity index (χ1) is 6.66. The molecule has 0 aromatic carbocycles. The van der Waals surface area contributed by atoms with Gasteiger partial charge in [0.2, 0.25) is 0 Å². The van der Waals surface area contributed by atoms with E-state index in [1.807, 2.05) is 0 Å². The molecule has 0 N–H and O–H groups in total. The minimum Gasteiger partial charge on any atom is -0.393 e. The minimum absolute atomic E-state index is 0.181. The summed E-state index contributed by atoms with van der Waals surface area (Å²) in [5.41, 5.74) is 0. The van der Waals surface area contributed by atoms with E-state index < -0.39 is 0 Å². The first-order valence-electron chi connectivity index (χ1n) is 5.42. The van der Waals surface area contributed by atoms with Crippen LogP contribution in [-0.2, 0) is 14.3 Å². The third-order valence-electron chi connectivity index (χ3n) is 2.85. The Morgan fingerprint density at radius 1 is 1.14 bits per heavy atom. The molecule has 2 unspecified atom stereocenters. The summed E-state index contributed by atoms with van der Waals surface area (Å²) in [6, 6.07) is 0. The normalized spacial score (nSPS) is 26.7. The molecule has 2 atom stereocenters. The number of hydrogen-bond donors (Lipinski definition) is 0. The quantitative estimate of drug-likeness (QED) is 0.387. The smallest absolute Gasteiger partial charge is 0.317 e. The predicted octanol–water partition coefficient (Wildman–Crippen LogP) is 2.29. The summed E-state index contributed by atoms with van der Waals surface area (Å²) < 4.78 is 4.57. The number of rotatable bonds is 5. The zero-order valence-corrected chi connectivity index (χ0v) is 8.91. The second-order valence-corrected chi connectivity index (χ2v) is 3.98. The van der Waals surface area contributed by atoms with Gasteiger partial charge in [-0.3, -0.25) is 9.59 Å². The van der Waals surface area contributed by atoms with E-state index in [4.69, 9.17) is 0 Å². The third-order valence-corrected chi connectivity index (χ3v) is 2.85. The van der Waals surface area contributed by atoms with Crippen LogP contribution in [0.5, 0.6) is 0 Å². The maximum absolute atomic E-state index is 11.2. The molecule has 1 aliphatic rings. The van der Waals surface area contributed by atoms with Crippen molar-refractivity contribution in [3.05, 3.63) is 0 Å². The number of unbranched alkanes of at least 4 members (excludes halogenated alkanes) is 3. The van der Waals surface area contributed by atoms with Gasteiger partial charge in [-0.15, -0.1) is 0 Å². The molecule has 1 heterocycles. The number of cyclic esters (lactones) is 2. The van der Waals surface area contributed by atoms with E-state index in [0.717, 1.165) is 19.3 Å². The molecule has 0 aromatic rings. The molecule has 0 aromatic heterocycles. The van der Waals surface area contributed by atoms with E-state index in [9.17, 15) is 9.59 Å². The van der Waals surface area contributed by atoms with E-state index in [1.54, 1.807) is 6.92 Å². The lowest BCUT2D eigenvalue weighted by Crippen LogP contribution is -2.14. The van der Waals surface area contributed by atoms with Crippen LogP contribution in [0.15, 0.2) is 0 Å². The zero-order valence-electron chi connectivity index (χ0n) is 8.91. The summed E-state index contributed by atoms with van der Waals surface area (Å²) in [6.07, 6.45) is 5.34. The lowest BCUT2D eigenvalue weighted by molar-refractivity contribution is -0.153. The number of carbonyl (C=O) groups is 2. The summed E-state index contributed by atoms with van der Waals surface area (Å²) in [5, 5.41) is 0. The molecular weight excluding hydrogens is 180 g/mol. The fraction of sp³-hybridized carbons (Fsp3) is 0.818. The van der Waals surface area contributed by atoms with E-state index in [-0.39, 0.29) is 23.8 Å². The molecule has 3 nitrogen and oxygen atoms in total. The Bertz CT molecular complexity index is 223. The topological polar surface area (TPSA) is 43.4 Å². The van der Waals surface area contributed by atoms with Crippen molar-refractivity contribution in [1.29, 1.82) is 0 Å². The predicted molar refractivity (Wildman–Crippen MR) is 52.5 cm³/mol. The standard InChI is InChI=1S/C11H18O3/c1-3-4-5-6-7-9-8(2)10(12)14-11(9)13/h8-9H,3-7H2,1-2H3. The Morgan fingerprint density at radius 2 is 1.86 bits per heavy atom. The van der Waals surface area contributed by atoms with Crippen molar-refractivity contribution in [3.8, 4) is 0 Å². The highest BCUT2D eigenvalue weighted by molar-refractivity contribution is 5.96. The maximum atomic E-state index is 11.2. The van der Waals surface area contributed by atoms with Gasteiger partial charge in [-0.05, 0) is 6.42 Å². The van der Waals surface area contributed by atoms with E-state index in [1.165, 1.54) is 12.8 Å². The van der Waals surface area contributed by atoms with Gasteiger partial charge in [0.25, 0.3) is 0 Å². The van der Waals surface area contributed by atoms with Gasteiger partial charge in [0.1, 0.15) is 0 Å². The second kappa shape index (κ2) is 5.13. The highest BCUT2D eigenvalue weighted by Gasteiger charge is 2.40. The zero-order chi connectivity index (χ0) is 10.6. The van der Waals surface area contributed by atoms with Gasteiger partial charge < -0.3 is 4.74 Å². The number of ether oxygens (including phenoxy) is 1. The molecule has 80 valence electrons. The van der Waals surface area contributed by atoms with Crippen molar-refractivity contribution in [2.45, 2.75) is 46.0 Å². The Morgan fingerprint density at radius 3 is 2.36 bits per heavy atom. The van der Waals surface area contributed by atoms with Crippen molar-refractivity contribution < 1.29 is 14.3 Å². The Balaban J connectivity index is 2.29. The number of hydrogen-bond acceptors (Lipinski definition) is 3. The summed E-state index contributed by atoms with van der Waals surface area (Å²) in [5.74, 6) is -1.09. The molecule has 0 bridgehead atoms. The number of carbonyl (C=O) groups excluding carboxylic acids is 2. The second-order valence-electron chi connectivity index (χ2n) is 3.98. The maximum Gasteiger partial charge on any atom is 0.317 e. The van der Waals surface area contributed by atoms with Crippen molar-refractivity contribution >= 4 is 11.9 Å². The van der Waals surface area contributed by atoms with E-state index >= 15 is 0 Å². The monoisotopic (exact) mass is 198 g/mol. The molecule has 0 radical (unpaired) electrons. The fourth-order valence-corrected chi connectivity index (χ4v) is 1.80. The SMILES string of the molecule is CCCCCCC1C(=O)OC(=O)C1C. The Hall–Kier alpha value is -0.860. The van der Waals surface area contributed by atoms with Gasteiger partial charge in [-0.1, -0.05) is 39.5 Å². The highest BCUT2D eigenvalue weighted by atomic mass is 16.6. The van der Waals surface area contributed by atoms with Crippen LogP contribution in [0.2, 0.25) is 0 Å². The van der Waals surface area contributed by atoms with Gasteiger partial charge in [-0.25, -0.2) is 0 Å². The molecule has 1 saturated heterocycles. The van der Waals surface area contributed by atoms with Crippen molar-refractivity contribution in [3.63, 3.8) is 0 Å². The molecule has 14 heavy (non-hydrogen) atoms. The van der Waals surface area contributed by atoms with Gasteiger partial charge in [0, 0.05) is 0 Å². The van der Waals surface area contributed by atoms with Gasteiger partial charge in [-0.2, -0.15) is 0 Å². The molecule has 1 aliphatic heterocycles. The van der Waals surface area contributed by atoms with Crippen LogP contribution in [0.25, 0.3) is 0 Å². The van der Waals surface area contributed by atoms with Crippen molar-refractivity contribution in [1.82, 2.24) is 0 Å². The highest BCUT2D eigenvalue weighted by Crippen LogP contribution is 2.27. The van der Waals surface area contributed by atoms with Gasteiger partial charge in [0.15, 0.2) is 0 Å². The molecule has 1 fully saturated rings. The number of esters is 2. The summed E-state index contributed by atoms with van der Waals surface area (Å²) >= 11 is 0. The summed E-state index contributed by atoms with van der Waals surface area (Å²) in [4.78, 5) is 22.3. The van der Waals surface area contributed by atoms with Crippen molar-refractivity contribution in [2.24, 2.45) is 11.8 Å². The average molecular weight is 198 g/mol. The Labute approximate surface area is 84.8 Å². The first kappa shape index (κ1) is 11.2. The molecule has 0 spiro atoms. The van der Waals surface area contributed by atoms with Crippen LogP contribution < -0.4 is 0 Å². The summed E-state index contributed by atoms with van der Waals surface area (Å²) in [7, 11) is 0. The third kappa shape index (κ3) is 2.56. The molecule has 0 aliphatic carbocycles. The average Bonchev–Trinajstić information content (AvgIpc) is 2.38. The van der Waals surface area contributed by atoms with Crippen LogP contribution in [-0.4, -0.2) is 11.9 Å². The van der Waals surface area contributed by atoms with Gasteiger partial charge in [0.05, 0.1) is 11.8 Å². The largest absolute Gasteiger partial charge is 0.393 e. The lowest BCUT2D eigenvalue weighted by Gasteiger charge is -2.07. The molecule has 1 rings (SSSR count). The molecule has 0 amide bonds. The first-order valence-corrected chi connectivity index (χ1v) is 5.42. The van der Waals surface area contributed by atoms with Crippen LogP contribution in [0.4, 0.5) is 0 Å². The van der Waals surface area contributed by atoms with Crippen LogP contribution in [0.1, 0.15) is 46.0 Å². The van der Waals surface area contributed by atoms with Gasteiger partial charge >= 0.3 is 11.9 Å². The van der Waals surface area contributed by atoms with E-state index in [0.29, 0.717) is 0 Å². The molecule has 3 heteroatoms. The summed E-state index contributed by atoms with van der Waals surface area (Å²) in [6.45, 7) is 3.92. The van der Waals surface area contributed by atoms with E-state index in [2.05, 4.69) is 11.7 Å².